The highest BCUT2D eigenvalue weighted by Gasteiger charge is 2.28. The topological polar surface area (TPSA) is 62.7 Å². The van der Waals surface area contributed by atoms with E-state index in [1.807, 2.05) is 20.0 Å². The van der Waals surface area contributed by atoms with E-state index in [1.54, 1.807) is 14.2 Å². The van der Waals surface area contributed by atoms with E-state index in [2.05, 4.69) is 9.88 Å². The molecule has 0 aliphatic carbocycles. The van der Waals surface area contributed by atoms with Crippen LogP contribution in [-0.4, -0.2) is 62.2 Å². The Morgan fingerprint density at radius 3 is 2.74 bits per heavy atom. The molecule has 0 spiro atoms. The molecular weight excluding hydrogens is 314 g/mol. The van der Waals surface area contributed by atoms with Crippen LogP contribution in [0, 0.1) is 13.8 Å². The molecule has 2 heterocycles. The normalized spacial score (nSPS) is 20.0. The van der Waals surface area contributed by atoms with Crippen LogP contribution in [-0.2, 0) is 16.6 Å². The smallest absolute Gasteiger partial charge is 0.211 e. The first-order valence-corrected chi connectivity index (χ1v) is 9.73. The summed E-state index contributed by atoms with van der Waals surface area (Å²) in [7, 11) is 0.194. The maximum atomic E-state index is 11.7. The lowest BCUT2D eigenvalue weighted by Gasteiger charge is -2.36. The zero-order chi connectivity index (χ0) is 17.2. The number of ether oxygens (including phenoxy) is 1. The fourth-order valence-corrected chi connectivity index (χ4v) is 3.90. The Morgan fingerprint density at radius 2 is 2.13 bits per heavy atom. The lowest BCUT2D eigenvalue weighted by Crippen LogP contribution is -2.48. The summed E-state index contributed by atoms with van der Waals surface area (Å²) in [5.74, 6) is 0.886. The van der Waals surface area contributed by atoms with Crippen LogP contribution in [0.2, 0.25) is 0 Å². The van der Waals surface area contributed by atoms with Gasteiger partial charge in [0, 0.05) is 43.5 Å². The van der Waals surface area contributed by atoms with E-state index in [0.29, 0.717) is 0 Å². The molecule has 1 aliphatic heterocycles. The zero-order valence-electron chi connectivity index (χ0n) is 14.7. The predicted molar refractivity (Wildman–Crippen MR) is 91.2 cm³/mol. The second-order valence-electron chi connectivity index (χ2n) is 6.36. The first-order valence-electron chi connectivity index (χ1n) is 7.88. The lowest BCUT2D eigenvalue weighted by atomic mass is 10.0. The van der Waals surface area contributed by atoms with Crippen molar-refractivity contribution in [3.8, 4) is 5.75 Å². The molecule has 0 bridgehead atoms. The van der Waals surface area contributed by atoms with Gasteiger partial charge in [-0.15, -0.1) is 0 Å². The van der Waals surface area contributed by atoms with E-state index in [9.17, 15) is 8.42 Å². The van der Waals surface area contributed by atoms with Gasteiger partial charge < -0.3 is 4.74 Å². The zero-order valence-corrected chi connectivity index (χ0v) is 15.5. The van der Waals surface area contributed by atoms with E-state index in [4.69, 9.17) is 4.74 Å². The first-order chi connectivity index (χ1) is 10.7. The Balaban J connectivity index is 2.12. The maximum Gasteiger partial charge on any atom is 0.211 e. The average molecular weight is 341 g/mol. The molecule has 0 radical (unpaired) electrons. The fraction of sp³-hybridized carbons (Fsp3) is 0.688. The third-order valence-electron chi connectivity index (χ3n) is 4.64. The summed E-state index contributed by atoms with van der Waals surface area (Å²) in [6.07, 6.45) is 5.00. The standard InChI is InChI=1S/C16H27N3O3S/c1-12-9-17-15(13(2)16(12)22-4)11-19-8-6-7-14(10-19)18(3)23(5,20)21/h9,14H,6-8,10-11H2,1-5H3. The van der Waals surface area contributed by atoms with Gasteiger partial charge in [-0.1, -0.05) is 0 Å². The van der Waals surface area contributed by atoms with Crippen molar-refractivity contribution in [2.24, 2.45) is 0 Å². The van der Waals surface area contributed by atoms with Crippen molar-refractivity contribution in [3.05, 3.63) is 23.0 Å². The van der Waals surface area contributed by atoms with Crippen LogP contribution in [0.5, 0.6) is 5.75 Å². The lowest BCUT2D eigenvalue weighted by molar-refractivity contribution is 0.152. The Hall–Kier alpha value is -1.18. The Bertz CT molecular complexity index is 661. The number of likely N-dealkylation sites (tertiary alicyclic amines) is 1. The highest BCUT2D eigenvalue weighted by atomic mass is 32.2. The molecule has 23 heavy (non-hydrogen) atoms. The van der Waals surface area contributed by atoms with Crippen LogP contribution in [0.25, 0.3) is 0 Å². The van der Waals surface area contributed by atoms with Crippen molar-refractivity contribution in [2.75, 3.05) is 33.5 Å². The Morgan fingerprint density at radius 1 is 1.43 bits per heavy atom. The van der Waals surface area contributed by atoms with Crippen molar-refractivity contribution >= 4 is 10.0 Å². The molecule has 130 valence electrons. The van der Waals surface area contributed by atoms with Gasteiger partial charge >= 0.3 is 0 Å². The monoisotopic (exact) mass is 341 g/mol. The van der Waals surface area contributed by atoms with Crippen molar-refractivity contribution in [2.45, 2.75) is 39.3 Å². The van der Waals surface area contributed by atoms with Gasteiger partial charge in [0.25, 0.3) is 0 Å². The quantitative estimate of drug-likeness (QED) is 0.813. The number of hydrogen-bond donors (Lipinski definition) is 0. The molecule has 0 saturated carbocycles. The summed E-state index contributed by atoms with van der Waals surface area (Å²) in [5, 5.41) is 0. The van der Waals surface area contributed by atoms with Crippen LogP contribution < -0.4 is 4.74 Å². The fourth-order valence-electron chi connectivity index (χ4n) is 3.18. The van der Waals surface area contributed by atoms with Crippen LogP contribution in [0.1, 0.15) is 29.7 Å². The molecule has 1 aromatic heterocycles. The maximum absolute atomic E-state index is 11.7. The van der Waals surface area contributed by atoms with Gasteiger partial charge in [-0.2, -0.15) is 0 Å². The number of likely N-dealkylation sites (N-methyl/N-ethyl adjacent to an activating group) is 1. The van der Waals surface area contributed by atoms with Gasteiger partial charge in [-0.25, -0.2) is 12.7 Å². The Labute approximate surface area is 139 Å². The van der Waals surface area contributed by atoms with Gasteiger partial charge in [0.1, 0.15) is 5.75 Å². The van der Waals surface area contributed by atoms with Crippen LogP contribution in [0.4, 0.5) is 0 Å². The van der Waals surface area contributed by atoms with Crippen LogP contribution in [0.3, 0.4) is 0 Å². The first kappa shape index (κ1) is 18.2. The number of aromatic nitrogens is 1. The number of nitrogens with zero attached hydrogens (tertiary/aromatic N) is 3. The summed E-state index contributed by atoms with van der Waals surface area (Å²) in [6, 6.07) is 0.0337. The highest BCUT2D eigenvalue weighted by molar-refractivity contribution is 7.88. The molecule has 1 aromatic rings. The number of sulfonamides is 1. The molecule has 1 saturated heterocycles. The van der Waals surface area contributed by atoms with E-state index in [0.717, 1.165) is 55.0 Å². The molecule has 0 amide bonds. The third kappa shape index (κ3) is 4.22. The van der Waals surface area contributed by atoms with Gasteiger partial charge in [-0.05, 0) is 33.2 Å². The number of pyridine rings is 1. The van der Waals surface area contributed by atoms with Crippen molar-refractivity contribution in [1.29, 1.82) is 0 Å². The predicted octanol–water partition coefficient (Wildman–Crippen LogP) is 1.56. The SMILES string of the molecule is COc1c(C)cnc(CN2CCCC(N(C)S(C)(=O)=O)C2)c1C. The summed E-state index contributed by atoms with van der Waals surface area (Å²) >= 11 is 0. The van der Waals surface area contributed by atoms with Crippen molar-refractivity contribution in [3.63, 3.8) is 0 Å². The average Bonchev–Trinajstić information content (AvgIpc) is 2.49. The minimum absolute atomic E-state index is 0.0337. The number of rotatable bonds is 5. The number of piperidine rings is 1. The molecule has 1 unspecified atom stereocenters. The van der Waals surface area contributed by atoms with E-state index < -0.39 is 10.0 Å². The summed E-state index contributed by atoms with van der Waals surface area (Å²) in [4.78, 5) is 6.82. The van der Waals surface area contributed by atoms with Crippen LogP contribution in [0.15, 0.2) is 6.20 Å². The molecule has 1 atom stereocenters. The Kier molecular flexibility index (Phi) is 5.65. The molecule has 7 heteroatoms. The van der Waals surface area contributed by atoms with Crippen molar-refractivity contribution < 1.29 is 13.2 Å². The minimum Gasteiger partial charge on any atom is -0.496 e. The van der Waals surface area contributed by atoms with Crippen LogP contribution >= 0.6 is 0 Å². The number of aryl methyl sites for hydroxylation is 1. The van der Waals surface area contributed by atoms with Gasteiger partial charge in [0.2, 0.25) is 10.0 Å². The van der Waals surface area contributed by atoms with Gasteiger partial charge in [0.15, 0.2) is 0 Å². The van der Waals surface area contributed by atoms with Gasteiger partial charge in [-0.3, -0.25) is 9.88 Å². The molecule has 1 aliphatic rings. The molecular formula is C16H27N3O3S. The molecule has 2 rings (SSSR count). The summed E-state index contributed by atoms with van der Waals surface area (Å²) in [6.45, 7) is 6.43. The summed E-state index contributed by atoms with van der Waals surface area (Å²) in [5.41, 5.74) is 3.09. The van der Waals surface area contributed by atoms with Crippen molar-refractivity contribution in [1.82, 2.24) is 14.2 Å². The van der Waals surface area contributed by atoms with Gasteiger partial charge in [0.05, 0.1) is 19.1 Å². The third-order valence-corrected chi connectivity index (χ3v) is 5.99. The number of hydrogen-bond acceptors (Lipinski definition) is 5. The van der Waals surface area contributed by atoms with E-state index in [1.165, 1.54) is 10.6 Å². The molecule has 0 N–H and O–H groups in total. The second-order valence-corrected chi connectivity index (χ2v) is 8.40. The number of methoxy groups -OCH3 is 1. The molecule has 1 fully saturated rings. The highest BCUT2D eigenvalue weighted by Crippen LogP contribution is 2.26. The largest absolute Gasteiger partial charge is 0.496 e. The van der Waals surface area contributed by atoms with E-state index in [-0.39, 0.29) is 6.04 Å². The second kappa shape index (κ2) is 7.15. The molecule has 0 aromatic carbocycles. The molecule has 6 nitrogen and oxygen atoms in total. The van der Waals surface area contributed by atoms with E-state index >= 15 is 0 Å². The minimum atomic E-state index is -3.15. The summed E-state index contributed by atoms with van der Waals surface area (Å²) < 4.78 is 30.5.